The van der Waals surface area contributed by atoms with E-state index in [2.05, 4.69) is 25.5 Å². The fourth-order valence-corrected chi connectivity index (χ4v) is 4.54. The van der Waals surface area contributed by atoms with E-state index in [-0.39, 0.29) is 11.5 Å². The van der Waals surface area contributed by atoms with E-state index in [0.717, 1.165) is 6.42 Å². The van der Waals surface area contributed by atoms with Gasteiger partial charge < -0.3 is 10.5 Å². The number of hydrogen-bond acceptors (Lipinski definition) is 5. The fraction of sp³-hybridized carbons (Fsp3) is 0.923. The monoisotopic (exact) mass is 291 g/mol. The Morgan fingerprint density at radius 3 is 2.37 bits per heavy atom. The Bertz CT molecular complexity index is 424. The Morgan fingerprint density at radius 2 is 1.89 bits per heavy atom. The summed E-state index contributed by atoms with van der Waals surface area (Å²) in [7, 11) is -2.35. The molecule has 1 rings (SSSR count). The lowest BCUT2D eigenvalue weighted by Gasteiger charge is -2.40. The molecule has 0 saturated heterocycles. The highest BCUT2D eigenvalue weighted by molar-refractivity contribution is 7.92. The van der Waals surface area contributed by atoms with Gasteiger partial charge in [-0.3, -0.25) is 4.79 Å². The number of sulfone groups is 1. The van der Waals surface area contributed by atoms with Gasteiger partial charge in [-0.15, -0.1) is 0 Å². The molecule has 112 valence electrons. The van der Waals surface area contributed by atoms with Gasteiger partial charge in [-0.1, -0.05) is 20.8 Å². The molecule has 1 fully saturated rings. The smallest absolute Gasteiger partial charge is 0.320 e. The second kappa shape index (κ2) is 5.79. The highest BCUT2D eigenvalue weighted by atomic mass is 32.2. The molecule has 0 aromatic carbocycles. The number of methoxy groups -OCH3 is 1. The van der Waals surface area contributed by atoms with Crippen molar-refractivity contribution in [2.24, 2.45) is 17.1 Å². The molecule has 0 bridgehead atoms. The molecule has 6 heteroatoms. The summed E-state index contributed by atoms with van der Waals surface area (Å²) in [5.74, 6) is -0.978. The highest BCUT2D eigenvalue weighted by Gasteiger charge is 2.41. The first kappa shape index (κ1) is 16.4. The topological polar surface area (TPSA) is 86.5 Å². The predicted molar refractivity (Wildman–Crippen MR) is 74.4 cm³/mol. The molecule has 0 spiro atoms. The van der Waals surface area contributed by atoms with Crippen LogP contribution in [0.2, 0.25) is 0 Å². The molecule has 0 aromatic rings. The van der Waals surface area contributed by atoms with Crippen LogP contribution < -0.4 is 5.73 Å². The number of esters is 1. The minimum Gasteiger partial charge on any atom is -0.468 e. The van der Waals surface area contributed by atoms with Crippen LogP contribution in [0.3, 0.4) is 0 Å². The lowest BCUT2D eigenvalue weighted by molar-refractivity contribution is -0.137. The van der Waals surface area contributed by atoms with Crippen LogP contribution in [0.25, 0.3) is 0 Å². The molecule has 1 aliphatic carbocycles. The van der Waals surface area contributed by atoms with Crippen molar-refractivity contribution in [2.75, 3.05) is 12.9 Å². The Labute approximate surface area is 115 Å². The number of ether oxygens (including phenoxy) is 1. The largest absolute Gasteiger partial charge is 0.468 e. The quantitative estimate of drug-likeness (QED) is 0.787. The standard InChI is InChI=1S/C13H25NO4S/c1-13(2,3)9-5-6-10(14)11(7-9)19(16,17)8-12(15)18-4/h9-11H,5-8,14H2,1-4H3. The predicted octanol–water partition coefficient (Wildman–Crippen LogP) is 1.12. The van der Waals surface area contributed by atoms with Gasteiger partial charge in [0.15, 0.2) is 9.84 Å². The number of nitrogens with two attached hydrogens (primary N) is 1. The molecule has 5 nitrogen and oxygen atoms in total. The van der Waals surface area contributed by atoms with E-state index < -0.39 is 26.8 Å². The minimum absolute atomic E-state index is 0.0547. The summed E-state index contributed by atoms with van der Waals surface area (Å²) in [5, 5.41) is -0.635. The van der Waals surface area contributed by atoms with Crippen molar-refractivity contribution in [3.05, 3.63) is 0 Å². The van der Waals surface area contributed by atoms with E-state index in [9.17, 15) is 13.2 Å². The van der Waals surface area contributed by atoms with Crippen molar-refractivity contribution in [3.8, 4) is 0 Å². The van der Waals surface area contributed by atoms with Crippen LogP contribution in [0.5, 0.6) is 0 Å². The molecule has 2 N–H and O–H groups in total. The Balaban J connectivity index is 2.87. The lowest BCUT2D eigenvalue weighted by atomic mass is 9.71. The molecule has 3 unspecified atom stereocenters. The molecule has 0 aromatic heterocycles. The van der Waals surface area contributed by atoms with E-state index in [1.54, 1.807) is 0 Å². The van der Waals surface area contributed by atoms with Gasteiger partial charge >= 0.3 is 5.97 Å². The Morgan fingerprint density at radius 1 is 1.32 bits per heavy atom. The summed E-state index contributed by atoms with van der Waals surface area (Å²) < 4.78 is 29.0. The third-order valence-electron chi connectivity index (χ3n) is 4.08. The fourth-order valence-electron chi connectivity index (χ4n) is 2.68. The zero-order chi connectivity index (χ0) is 14.8. The minimum atomic E-state index is -3.54. The van der Waals surface area contributed by atoms with Crippen LogP contribution in [0.1, 0.15) is 40.0 Å². The van der Waals surface area contributed by atoms with Gasteiger partial charge in [0.2, 0.25) is 0 Å². The summed E-state index contributed by atoms with van der Waals surface area (Å²) in [5.41, 5.74) is 6.01. The average molecular weight is 291 g/mol. The normalized spacial score (nSPS) is 29.0. The maximum atomic E-state index is 12.3. The van der Waals surface area contributed by atoms with Gasteiger partial charge in [0.05, 0.1) is 12.4 Å². The second-order valence-corrected chi connectivity index (χ2v) is 8.68. The van der Waals surface area contributed by atoms with Crippen LogP contribution in [-0.2, 0) is 19.4 Å². The summed E-state index contributed by atoms with van der Waals surface area (Å²) in [6, 6.07) is -0.381. The van der Waals surface area contributed by atoms with E-state index in [0.29, 0.717) is 18.8 Å². The van der Waals surface area contributed by atoms with Crippen molar-refractivity contribution in [2.45, 2.75) is 51.3 Å². The molecule has 19 heavy (non-hydrogen) atoms. The van der Waals surface area contributed by atoms with Crippen molar-refractivity contribution >= 4 is 15.8 Å². The summed E-state index contributed by atoms with van der Waals surface area (Å²) in [6.07, 6.45) is 2.16. The summed E-state index contributed by atoms with van der Waals surface area (Å²) in [6.45, 7) is 6.33. The van der Waals surface area contributed by atoms with E-state index in [1.165, 1.54) is 7.11 Å². The zero-order valence-corrected chi connectivity index (χ0v) is 13.0. The average Bonchev–Trinajstić information content (AvgIpc) is 2.26. The van der Waals surface area contributed by atoms with Gasteiger partial charge in [0.25, 0.3) is 0 Å². The van der Waals surface area contributed by atoms with Crippen molar-refractivity contribution < 1.29 is 17.9 Å². The van der Waals surface area contributed by atoms with Gasteiger partial charge in [-0.05, 0) is 30.6 Å². The van der Waals surface area contributed by atoms with Gasteiger partial charge in [-0.25, -0.2) is 8.42 Å². The van der Waals surface area contributed by atoms with Gasteiger partial charge in [0.1, 0.15) is 5.75 Å². The number of carbonyl (C=O) groups excluding carboxylic acids is 1. The van der Waals surface area contributed by atoms with Crippen molar-refractivity contribution in [1.29, 1.82) is 0 Å². The zero-order valence-electron chi connectivity index (χ0n) is 12.2. The van der Waals surface area contributed by atoms with Crippen LogP contribution in [-0.4, -0.2) is 38.5 Å². The van der Waals surface area contributed by atoms with E-state index >= 15 is 0 Å². The number of carbonyl (C=O) groups is 1. The molecule has 1 saturated carbocycles. The second-order valence-electron chi connectivity index (χ2n) is 6.46. The van der Waals surface area contributed by atoms with E-state index in [1.807, 2.05) is 0 Å². The third-order valence-corrected chi connectivity index (χ3v) is 6.18. The number of hydrogen-bond donors (Lipinski definition) is 1. The van der Waals surface area contributed by atoms with Crippen molar-refractivity contribution in [1.82, 2.24) is 0 Å². The Kier molecular flexibility index (Phi) is 5.01. The lowest BCUT2D eigenvalue weighted by Crippen LogP contribution is -2.48. The van der Waals surface area contributed by atoms with Crippen molar-refractivity contribution in [3.63, 3.8) is 0 Å². The summed E-state index contributed by atoms with van der Waals surface area (Å²) in [4.78, 5) is 11.2. The first-order chi connectivity index (χ1) is 8.58. The SMILES string of the molecule is COC(=O)CS(=O)(=O)C1CC(C(C)(C)C)CCC1N. The molecule has 0 radical (unpaired) electrons. The van der Waals surface area contributed by atoms with Crippen LogP contribution >= 0.6 is 0 Å². The molecule has 3 atom stereocenters. The molecular formula is C13H25NO4S. The molecular weight excluding hydrogens is 266 g/mol. The molecule has 0 aliphatic heterocycles. The van der Waals surface area contributed by atoms with Crippen LogP contribution in [0.15, 0.2) is 0 Å². The molecule has 0 heterocycles. The van der Waals surface area contributed by atoms with E-state index in [4.69, 9.17) is 5.73 Å². The highest BCUT2D eigenvalue weighted by Crippen LogP contribution is 2.39. The van der Waals surface area contributed by atoms with Gasteiger partial charge in [-0.2, -0.15) is 0 Å². The van der Waals surface area contributed by atoms with Crippen LogP contribution in [0, 0.1) is 11.3 Å². The maximum Gasteiger partial charge on any atom is 0.320 e. The molecule has 0 amide bonds. The first-order valence-electron chi connectivity index (χ1n) is 6.62. The first-order valence-corrected chi connectivity index (χ1v) is 8.33. The Hall–Kier alpha value is -0.620. The maximum absolute atomic E-state index is 12.3. The van der Waals surface area contributed by atoms with Crippen LogP contribution in [0.4, 0.5) is 0 Å². The summed E-state index contributed by atoms with van der Waals surface area (Å²) >= 11 is 0. The van der Waals surface area contributed by atoms with Gasteiger partial charge in [0, 0.05) is 6.04 Å². The number of rotatable bonds is 3. The molecule has 1 aliphatic rings. The third kappa shape index (κ3) is 4.18.